The first-order valence-corrected chi connectivity index (χ1v) is 7.21. The van der Waals surface area contributed by atoms with Crippen LogP contribution in [0, 0.1) is 13.8 Å². The van der Waals surface area contributed by atoms with Crippen LogP contribution in [-0.4, -0.2) is 31.1 Å². The summed E-state index contributed by atoms with van der Waals surface area (Å²) in [6.45, 7) is 8.95. The van der Waals surface area contributed by atoms with Crippen LogP contribution in [0.5, 0.6) is 0 Å². The molecule has 0 saturated carbocycles. The van der Waals surface area contributed by atoms with Crippen molar-refractivity contribution >= 4 is 0 Å². The molecule has 2 N–H and O–H groups in total. The Morgan fingerprint density at radius 2 is 1.94 bits per heavy atom. The minimum Gasteiger partial charge on any atom is -0.330 e. The van der Waals surface area contributed by atoms with Gasteiger partial charge in [0.05, 0.1) is 0 Å². The summed E-state index contributed by atoms with van der Waals surface area (Å²) in [6.07, 6.45) is 3.73. The van der Waals surface area contributed by atoms with E-state index in [1.165, 1.54) is 43.6 Å². The molecule has 1 fully saturated rings. The monoisotopic (exact) mass is 246 g/mol. The lowest BCUT2D eigenvalue weighted by molar-refractivity contribution is 0.211. The maximum atomic E-state index is 5.57. The molecule has 0 unspecified atom stereocenters. The van der Waals surface area contributed by atoms with Crippen LogP contribution >= 0.6 is 0 Å². The lowest BCUT2D eigenvalue weighted by Gasteiger charge is -2.33. The first kappa shape index (κ1) is 13.6. The van der Waals surface area contributed by atoms with Crippen molar-refractivity contribution in [3.63, 3.8) is 0 Å². The van der Waals surface area contributed by atoms with Crippen molar-refractivity contribution in [1.82, 2.24) is 4.90 Å². The highest BCUT2D eigenvalue weighted by molar-refractivity contribution is 5.35. The number of nitrogens with two attached hydrogens (primary N) is 1. The van der Waals surface area contributed by atoms with Crippen molar-refractivity contribution in [2.75, 3.05) is 26.2 Å². The Hall–Kier alpha value is -0.860. The van der Waals surface area contributed by atoms with Crippen LogP contribution in [0.4, 0.5) is 0 Å². The number of aryl methyl sites for hydroxylation is 1. The number of likely N-dealkylation sites (tertiary alicyclic amines) is 1. The fraction of sp³-hybridized carbons (Fsp3) is 0.625. The Labute approximate surface area is 111 Å². The van der Waals surface area contributed by atoms with Gasteiger partial charge in [0.25, 0.3) is 0 Å². The largest absolute Gasteiger partial charge is 0.330 e. The number of hydrogen-bond donors (Lipinski definition) is 1. The fourth-order valence-electron chi connectivity index (χ4n) is 3.00. The summed E-state index contributed by atoms with van der Waals surface area (Å²) < 4.78 is 0. The summed E-state index contributed by atoms with van der Waals surface area (Å²) in [4.78, 5) is 2.56. The second kappa shape index (κ2) is 6.35. The second-order valence-electron chi connectivity index (χ2n) is 5.55. The van der Waals surface area contributed by atoms with Gasteiger partial charge in [-0.15, -0.1) is 0 Å². The molecule has 0 aliphatic carbocycles. The standard InChI is InChI=1S/C16H26N2/c1-13-5-3-6-16(14(13)2)15-7-11-18(12-8-15)10-4-9-17/h3,5-6,15H,4,7-12,17H2,1-2H3. The molecular weight excluding hydrogens is 220 g/mol. The van der Waals surface area contributed by atoms with Crippen LogP contribution in [0.25, 0.3) is 0 Å². The Kier molecular flexibility index (Phi) is 4.79. The van der Waals surface area contributed by atoms with Crippen molar-refractivity contribution in [2.24, 2.45) is 5.73 Å². The third-order valence-corrected chi connectivity index (χ3v) is 4.35. The highest BCUT2D eigenvalue weighted by Gasteiger charge is 2.21. The number of benzene rings is 1. The van der Waals surface area contributed by atoms with Crippen LogP contribution in [-0.2, 0) is 0 Å². The van der Waals surface area contributed by atoms with E-state index in [-0.39, 0.29) is 0 Å². The molecule has 0 amide bonds. The summed E-state index contributed by atoms with van der Waals surface area (Å²) in [5.41, 5.74) is 10.1. The van der Waals surface area contributed by atoms with Crippen molar-refractivity contribution in [2.45, 2.75) is 39.0 Å². The third-order valence-electron chi connectivity index (χ3n) is 4.35. The second-order valence-corrected chi connectivity index (χ2v) is 5.55. The van der Waals surface area contributed by atoms with Crippen molar-refractivity contribution in [1.29, 1.82) is 0 Å². The molecule has 0 bridgehead atoms. The molecule has 1 saturated heterocycles. The molecule has 0 atom stereocenters. The summed E-state index contributed by atoms with van der Waals surface area (Å²) >= 11 is 0. The van der Waals surface area contributed by atoms with Gasteiger partial charge in [-0.3, -0.25) is 0 Å². The van der Waals surface area contributed by atoms with E-state index in [0.29, 0.717) is 0 Å². The average Bonchev–Trinajstić information content (AvgIpc) is 2.40. The summed E-state index contributed by atoms with van der Waals surface area (Å²) in [7, 11) is 0. The lowest BCUT2D eigenvalue weighted by Crippen LogP contribution is -2.34. The molecule has 1 aromatic rings. The smallest absolute Gasteiger partial charge is 0.000671 e. The normalized spacial score (nSPS) is 18.2. The molecule has 0 radical (unpaired) electrons. The molecule has 18 heavy (non-hydrogen) atoms. The highest BCUT2D eigenvalue weighted by atomic mass is 15.1. The van der Waals surface area contributed by atoms with Crippen LogP contribution in [0.1, 0.15) is 41.9 Å². The molecular formula is C16H26N2. The van der Waals surface area contributed by atoms with E-state index in [2.05, 4.69) is 36.9 Å². The topological polar surface area (TPSA) is 29.3 Å². The Bertz CT molecular complexity index is 379. The predicted molar refractivity (Wildman–Crippen MR) is 78.0 cm³/mol. The van der Waals surface area contributed by atoms with Gasteiger partial charge in [0.1, 0.15) is 0 Å². The number of piperidine rings is 1. The average molecular weight is 246 g/mol. The maximum Gasteiger partial charge on any atom is -0.000671 e. The summed E-state index contributed by atoms with van der Waals surface area (Å²) in [5.74, 6) is 0.763. The van der Waals surface area contributed by atoms with E-state index < -0.39 is 0 Å². The molecule has 100 valence electrons. The molecule has 0 aromatic heterocycles. The van der Waals surface area contributed by atoms with Gasteiger partial charge >= 0.3 is 0 Å². The minimum atomic E-state index is 0.763. The van der Waals surface area contributed by atoms with Gasteiger partial charge in [0, 0.05) is 0 Å². The van der Waals surface area contributed by atoms with Gasteiger partial charge in [-0.05, 0) is 81.9 Å². The third kappa shape index (κ3) is 3.12. The molecule has 2 heteroatoms. The van der Waals surface area contributed by atoms with Gasteiger partial charge in [-0.25, -0.2) is 0 Å². The van der Waals surface area contributed by atoms with Gasteiger partial charge in [0.2, 0.25) is 0 Å². The van der Waals surface area contributed by atoms with E-state index >= 15 is 0 Å². The van der Waals surface area contributed by atoms with Crippen molar-refractivity contribution in [3.8, 4) is 0 Å². The molecule has 2 nitrogen and oxygen atoms in total. The number of nitrogens with zero attached hydrogens (tertiary/aromatic N) is 1. The van der Waals surface area contributed by atoms with Gasteiger partial charge in [-0.2, -0.15) is 0 Å². The SMILES string of the molecule is Cc1cccc(C2CCN(CCCN)CC2)c1C. The lowest BCUT2D eigenvalue weighted by atomic mass is 9.85. The van der Waals surface area contributed by atoms with E-state index in [1.54, 1.807) is 5.56 Å². The zero-order valence-corrected chi connectivity index (χ0v) is 11.8. The molecule has 2 rings (SSSR count). The molecule has 1 aliphatic rings. The maximum absolute atomic E-state index is 5.57. The minimum absolute atomic E-state index is 0.763. The van der Waals surface area contributed by atoms with E-state index in [4.69, 9.17) is 5.73 Å². The van der Waals surface area contributed by atoms with Crippen molar-refractivity contribution < 1.29 is 0 Å². The molecule has 0 spiro atoms. The van der Waals surface area contributed by atoms with Crippen LogP contribution in [0.15, 0.2) is 18.2 Å². The van der Waals surface area contributed by atoms with Crippen LogP contribution < -0.4 is 5.73 Å². The summed E-state index contributed by atoms with van der Waals surface area (Å²) in [6, 6.07) is 6.75. The van der Waals surface area contributed by atoms with Crippen molar-refractivity contribution in [3.05, 3.63) is 34.9 Å². The van der Waals surface area contributed by atoms with Gasteiger partial charge in [0.15, 0.2) is 0 Å². The van der Waals surface area contributed by atoms with Gasteiger partial charge < -0.3 is 10.6 Å². The number of rotatable bonds is 4. The van der Waals surface area contributed by atoms with E-state index in [1.807, 2.05) is 0 Å². The zero-order valence-electron chi connectivity index (χ0n) is 11.8. The summed E-state index contributed by atoms with van der Waals surface area (Å²) in [5, 5.41) is 0. The Morgan fingerprint density at radius 1 is 1.22 bits per heavy atom. The molecule has 1 aliphatic heterocycles. The fourth-order valence-corrected chi connectivity index (χ4v) is 3.00. The van der Waals surface area contributed by atoms with E-state index in [9.17, 15) is 0 Å². The van der Waals surface area contributed by atoms with Crippen LogP contribution in [0.3, 0.4) is 0 Å². The van der Waals surface area contributed by atoms with Gasteiger partial charge in [-0.1, -0.05) is 18.2 Å². The predicted octanol–water partition coefficient (Wildman–Crippen LogP) is 2.83. The Balaban J connectivity index is 1.95. The van der Waals surface area contributed by atoms with E-state index in [0.717, 1.165) is 18.9 Å². The molecule has 1 aromatic carbocycles. The Morgan fingerprint density at radius 3 is 2.61 bits per heavy atom. The first-order valence-electron chi connectivity index (χ1n) is 7.21. The molecule has 1 heterocycles. The quantitative estimate of drug-likeness (QED) is 0.885. The highest BCUT2D eigenvalue weighted by Crippen LogP contribution is 2.31. The zero-order chi connectivity index (χ0) is 13.0. The first-order chi connectivity index (χ1) is 8.72. The van der Waals surface area contributed by atoms with Crippen LogP contribution in [0.2, 0.25) is 0 Å². The number of hydrogen-bond acceptors (Lipinski definition) is 2.